The Kier molecular flexibility index (Phi) is 2.99. The Hall–Kier alpha value is -2.23. The van der Waals surface area contributed by atoms with Gasteiger partial charge in [0.15, 0.2) is 0 Å². The summed E-state index contributed by atoms with van der Waals surface area (Å²) in [5.74, 6) is -0.170. The maximum atomic E-state index is 13.6. The Morgan fingerprint density at radius 2 is 2.14 bits per heavy atom. The van der Waals surface area contributed by atoms with Gasteiger partial charge in [0.25, 0.3) is 0 Å². The number of hydrogen-bond donors (Lipinski definition) is 0. The van der Waals surface area contributed by atoms with Crippen molar-refractivity contribution in [3.8, 4) is 0 Å². The van der Waals surface area contributed by atoms with Crippen molar-refractivity contribution in [3.63, 3.8) is 0 Å². The lowest BCUT2D eigenvalue weighted by Gasteiger charge is -2.43. The van der Waals surface area contributed by atoms with Crippen molar-refractivity contribution in [2.24, 2.45) is 0 Å². The summed E-state index contributed by atoms with van der Waals surface area (Å²) >= 11 is 0. The van der Waals surface area contributed by atoms with Crippen LogP contribution < -0.4 is 4.90 Å². The fraction of sp³-hybridized carbons (Fsp3) is 0.333. The molecule has 2 heterocycles. The molecule has 1 aromatic heterocycles. The molecule has 4 heteroatoms. The van der Waals surface area contributed by atoms with Crippen LogP contribution in [0.15, 0.2) is 42.7 Å². The predicted octanol–water partition coefficient (Wildman–Crippen LogP) is 3.23. The van der Waals surface area contributed by atoms with Crippen LogP contribution in [0.2, 0.25) is 0 Å². The van der Waals surface area contributed by atoms with Gasteiger partial charge in [-0.15, -0.1) is 0 Å². The third kappa shape index (κ3) is 1.86. The monoisotopic (exact) mass is 296 g/mol. The highest BCUT2D eigenvalue weighted by molar-refractivity contribution is 6.03. The number of aromatic nitrogens is 1. The number of fused-ring (bicyclic) bond motifs is 1. The summed E-state index contributed by atoms with van der Waals surface area (Å²) in [5.41, 5.74) is 2.34. The summed E-state index contributed by atoms with van der Waals surface area (Å²) in [6.07, 6.45) is 7.00. The molecule has 4 rings (SSSR count). The van der Waals surface area contributed by atoms with Crippen molar-refractivity contribution in [3.05, 3.63) is 59.7 Å². The first kappa shape index (κ1) is 13.4. The zero-order valence-electron chi connectivity index (χ0n) is 12.3. The fourth-order valence-corrected chi connectivity index (χ4v) is 3.64. The number of carbonyl (C=O) groups is 1. The highest BCUT2D eigenvalue weighted by Crippen LogP contribution is 2.46. The second-order valence-electron chi connectivity index (χ2n) is 6.16. The number of benzene rings is 1. The molecule has 0 radical (unpaired) electrons. The first-order chi connectivity index (χ1) is 10.7. The summed E-state index contributed by atoms with van der Waals surface area (Å²) in [7, 11) is 0. The number of rotatable bonds is 2. The van der Waals surface area contributed by atoms with Crippen molar-refractivity contribution < 1.29 is 9.18 Å². The number of hydrogen-bond acceptors (Lipinski definition) is 2. The lowest BCUT2D eigenvalue weighted by atomic mass is 9.63. The van der Waals surface area contributed by atoms with Crippen LogP contribution in [0.1, 0.15) is 30.4 Å². The maximum Gasteiger partial charge on any atom is 0.237 e. The molecule has 0 atom stereocenters. The molecule has 1 saturated carbocycles. The zero-order chi connectivity index (χ0) is 15.2. The Morgan fingerprint density at radius 3 is 2.86 bits per heavy atom. The molecule has 1 aliphatic heterocycles. The molecule has 1 fully saturated rings. The molecular weight excluding hydrogens is 279 g/mol. The van der Waals surface area contributed by atoms with Crippen LogP contribution in [0.25, 0.3) is 0 Å². The Balaban J connectivity index is 1.72. The summed E-state index contributed by atoms with van der Waals surface area (Å²) in [5, 5.41) is 0. The molecule has 1 amide bonds. The van der Waals surface area contributed by atoms with Crippen LogP contribution in [0, 0.1) is 5.82 Å². The molecular formula is C18H17FN2O. The van der Waals surface area contributed by atoms with E-state index in [1.54, 1.807) is 12.3 Å². The molecule has 2 aliphatic rings. The number of amides is 1. The maximum absolute atomic E-state index is 13.6. The van der Waals surface area contributed by atoms with E-state index in [9.17, 15) is 9.18 Å². The van der Waals surface area contributed by atoms with E-state index < -0.39 is 5.41 Å². The molecule has 3 nitrogen and oxygen atoms in total. The third-order valence-corrected chi connectivity index (χ3v) is 5.01. The second-order valence-corrected chi connectivity index (χ2v) is 6.16. The van der Waals surface area contributed by atoms with Gasteiger partial charge in [0.05, 0.1) is 5.41 Å². The quantitative estimate of drug-likeness (QED) is 0.852. The van der Waals surface area contributed by atoms with Crippen molar-refractivity contribution >= 4 is 11.6 Å². The van der Waals surface area contributed by atoms with Crippen LogP contribution in [0.3, 0.4) is 0 Å². The van der Waals surface area contributed by atoms with Gasteiger partial charge in [-0.3, -0.25) is 9.78 Å². The van der Waals surface area contributed by atoms with Crippen LogP contribution in [-0.2, 0) is 16.6 Å². The van der Waals surface area contributed by atoms with Gasteiger partial charge in [0, 0.05) is 24.6 Å². The largest absolute Gasteiger partial charge is 0.311 e. The number of halogens is 1. The van der Waals surface area contributed by atoms with E-state index in [1.807, 2.05) is 23.2 Å². The molecule has 1 aliphatic carbocycles. The van der Waals surface area contributed by atoms with Gasteiger partial charge in [0.2, 0.25) is 5.91 Å². The van der Waals surface area contributed by atoms with Gasteiger partial charge >= 0.3 is 0 Å². The van der Waals surface area contributed by atoms with Crippen LogP contribution in [0.5, 0.6) is 0 Å². The number of nitrogens with zero attached hydrogens (tertiary/aromatic N) is 2. The fourth-order valence-electron chi connectivity index (χ4n) is 3.64. The van der Waals surface area contributed by atoms with Gasteiger partial charge < -0.3 is 4.90 Å². The molecule has 0 bridgehead atoms. The average Bonchev–Trinajstić information content (AvgIpc) is 2.90. The van der Waals surface area contributed by atoms with E-state index in [0.29, 0.717) is 6.54 Å². The second kappa shape index (κ2) is 4.90. The van der Waals surface area contributed by atoms with E-state index in [-0.39, 0.29) is 11.7 Å². The Labute approximate surface area is 128 Å². The Bertz CT molecular complexity index is 739. The SMILES string of the molecule is O=C(N1CCc2cnccc21)C1(c2cccc(F)c2)CCC1. The summed E-state index contributed by atoms with van der Waals surface area (Å²) < 4.78 is 13.6. The highest BCUT2D eigenvalue weighted by Gasteiger charge is 2.48. The molecule has 0 spiro atoms. The highest BCUT2D eigenvalue weighted by atomic mass is 19.1. The normalized spacial score (nSPS) is 18.7. The summed E-state index contributed by atoms with van der Waals surface area (Å²) in [6.45, 7) is 0.691. The van der Waals surface area contributed by atoms with Crippen molar-refractivity contribution in [2.75, 3.05) is 11.4 Å². The van der Waals surface area contributed by atoms with Gasteiger partial charge in [-0.25, -0.2) is 4.39 Å². The first-order valence-corrected chi connectivity index (χ1v) is 7.72. The minimum absolute atomic E-state index is 0.106. The summed E-state index contributed by atoms with van der Waals surface area (Å²) in [6, 6.07) is 8.42. The average molecular weight is 296 g/mol. The van der Waals surface area contributed by atoms with Crippen LogP contribution in [-0.4, -0.2) is 17.4 Å². The number of anilines is 1. The van der Waals surface area contributed by atoms with Crippen molar-refractivity contribution in [1.29, 1.82) is 0 Å². The van der Waals surface area contributed by atoms with Crippen LogP contribution in [0.4, 0.5) is 10.1 Å². The Morgan fingerprint density at radius 1 is 1.27 bits per heavy atom. The standard InChI is InChI=1S/C18H17FN2O/c19-15-4-1-3-14(11-15)18(7-2-8-18)17(22)21-10-6-13-12-20-9-5-16(13)21/h1,3-5,9,11-12H,2,6-8,10H2. The van der Waals surface area contributed by atoms with E-state index in [4.69, 9.17) is 0 Å². The molecule has 2 aromatic rings. The molecule has 0 N–H and O–H groups in total. The third-order valence-electron chi connectivity index (χ3n) is 5.01. The lowest BCUT2D eigenvalue weighted by Crippen LogP contribution is -2.50. The molecule has 0 saturated heterocycles. The lowest BCUT2D eigenvalue weighted by molar-refractivity contribution is -0.127. The molecule has 1 aromatic carbocycles. The first-order valence-electron chi connectivity index (χ1n) is 7.72. The molecule has 112 valence electrons. The smallest absolute Gasteiger partial charge is 0.237 e. The topological polar surface area (TPSA) is 33.2 Å². The van der Waals surface area contributed by atoms with E-state index >= 15 is 0 Å². The van der Waals surface area contributed by atoms with Crippen LogP contribution >= 0.6 is 0 Å². The van der Waals surface area contributed by atoms with Gasteiger partial charge in [-0.2, -0.15) is 0 Å². The number of pyridine rings is 1. The van der Waals surface area contributed by atoms with Gasteiger partial charge in [-0.1, -0.05) is 18.6 Å². The molecule has 22 heavy (non-hydrogen) atoms. The van der Waals surface area contributed by atoms with Crippen molar-refractivity contribution in [2.45, 2.75) is 31.1 Å². The summed E-state index contributed by atoms with van der Waals surface area (Å²) in [4.78, 5) is 19.2. The molecule has 0 unspecified atom stereocenters. The van der Waals surface area contributed by atoms with E-state index in [1.165, 1.54) is 12.1 Å². The number of carbonyl (C=O) groups excluding carboxylic acids is 1. The van der Waals surface area contributed by atoms with Gasteiger partial charge in [-0.05, 0) is 48.6 Å². The van der Waals surface area contributed by atoms with Gasteiger partial charge in [0.1, 0.15) is 5.82 Å². The minimum atomic E-state index is -0.549. The zero-order valence-corrected chi connectivity index (χ0v) is 12.3. The van der Waals surface area contributed by atoms with Crippen molar-refractivity contribution in [1.82, 2.24) is 4.98 Å². The van der Waals surface area contributed by atoms with E-state index in [0.717, 1.165) is 42.5 Å². The minimum Gasteiger partial charge on any atom is -0.311 e. The predicted molar refractivity (Wildman–Crippen MR) is 82.2 cm³/mol. The van der Waals surface area contributed by atoms with E-state index in [2.05, 4.69) is 4.98 Å².